The Morgan fingerprint density at radius 2 is 1.85 bits per heavy atom. The van der Waals surface area contributed by atoms with Crippen molar-refractivity contribution in [3.63, 3.8) is 0 Å². The van der Waals surface area contributed by atoms with Crippen LogP contribution in [-0.4, -0.2) is 29.7 Å². The first kappa shape index (κ1) is 24.1. The molecule has 3 rings (SSSR count). The highest BCUT2D eigenvalue weighted by atomic mass is 19.3. The molecule has 8 nitrogen and oxygen atoms in total. The highest BCUT2D eigenvalue weighted by Gasteiger charge is 2.35. The summed E-state index contributed by atoms with van der Waals surface area (Å²) < 4.78 is 76.3. The molecule has 1 aromatic heterocycles. The number of alkyl halides is 3. The second kappa shape index (κ2) is 10.4. The van der Waals surface area contributed by atoms with Crippen LogP contribution in [0.2, 0.25) is 0 Å². The Morgan fingerprint density at radius 3 is 2.45 bits per heavy atom. The first-order valence-corrected chi connectivity index (χ1v) is 9.83. The van der Waals surface area contributed by atoms with E-state index in [-0.39, 0.29) is 29.6 Å². The van der Waals surface area contributed by atoms with Crippen LogP contribution in [0, 0.1) is 5.82 Å². The number of nitrogens with zero attached hydrogens (tertiary/aromatic N) is 2. The van der Waals surface area contributed by atoms with Gasteiger partial charge in [0.15, 0.2) is 0 Å². The normalized spacial score (nSPS) is 15.0. The minimum atomic E-state index is -3.01. The maximum atomic E-state index is 15.1. The van der Waals surface area contributed by atoms with Gasteiger partial charge in [-0.3, -0.25) is 0 Å². The van der Waals surface area contributed by atoms with Crippen molar-refractivity contribution in [2.24, 2.45) is 0 Å². The van der Waals surface area contributed by atoms with Gasteiger partial charge in [-0.25, -0.2) is 22.4 Å². The second-order valence-corrected chi connectivity index (χ2v) is 6.77. The first-order chi connectivity index (χ1) is 15.8. The van der Waals surface area contributed by atoms with E-state index in [1.54, 1.807) is 0 Å². The van der Waals surface area contributed by atoms with Gasteiger partial charge in [-0.1, -0.05) is 18.2 Å². The average Bonchev–Trinajstić information content (AvgIpc) is 3.32. The molecule has 2 atom stereocenters. The van der Waals surface area contributed by atoms with E-state index in [4.69, 9.17) is 18.9 Å². The fourth-order valence-electron chi connectivity index (χ4n) is 3.15. The lowest BCUT2D eigenvalue weighted by Crippen LogP contribution is -2.21. The fraction of sp³-hybridized carbons (Fsp3) is 0.381. The molecule has 0 spiro atoms. The quantitative estimate of drug-likeness (QED) is 0.411. The van der Waals surface area contributed by atoms with Crippen LogP contribution in [0.15, 0.2) is 30.7 Å². The Bertz CT molecular complexity index is 1030. The molecular weight excluding hydrogens is 450 g/mol. The molecule has 0 radical (unpaired) electrons. The van der Waals surface area contributed by atoms with E-state index in [0.29, 0.717) is 0 Å². The number of rotatable bonds is 9. The first-order valence-electron chi connectivity index (χ1n) is 9.83. The number of hydrogen-bond acceptors (Lipinski definition) is 8. The van der Waals surface area contributed by atoms with Gasteiger partial charge in [0.1, 0.15) is 35.4 Å². The number of benzene rings is 1. The zero-order valence-electron chi connectivity index (χ0n) is 17.9. The largest absolute Gasteiger partial charge is 0.467 e. The van der Waals surface area contributed by atoms with E-state index in [0.717, 1.165) is 6.07 Å². The van der Waals surface area contributed by atoms with Crippen LogP contribution in [0.1, 0.15) is 61.2 Å². The summed E-state index contributed by atoms with van der Waals surface area (Å²) in [6.07, 6.45) is -4.23. The highest BCUT2D eigenvalue weighted by molar-refractivity contribution is 5.77. The number of halogens is 4. The summed E-state index contributed by atoms with van der Waals surface area (Å²) in [6, 6.07) is 2.34. The van der Waals surface area contributed by atoms with Crippen LogP contribution in [0.25, 0.3) is 0 Å². The van der Waals surface area contributed by atoms with Gasteiger partial charge in [-0.2, -0.15) is 9.97 Å². The summed E-state index contributed by atoms with van der Waals surface area (Å²) in [5.41, 5.74) is -1.42. The Hall–Kier alpha value is -3.57. The van der Waals surface area contributed by atoms with Gasteiger partial charge < -0.3 is 24.3 Å². The summed E-state index contributed by atoms with van der Waals surface area (Å²) in [5.74, 6) is -2.42. The van der Waals surface area contributed by atoms with Crippen LogP contribution in [0.4, 0.5) is 23.4 Å². The van der Waals surface area contributed by atoms with Gasteiger partial charge in [-0.05, 0) is 13.8 Å². The molecule has 1 aliphatic heterocycles. The lowest BCUT2D eigenvalue weighted by molar-refractivity contribution is -0.149. The van der Waals surface area contributed by atoms with E-state index in [2.05, 4.69) is 15.3 Å². The van der Waals surface area contributed by atoms with Gasteiger partial charge in [-0.15, -0.1) is 0 Å². The molecule has 33 heavy (non-hydrogen) atoms. The predicted octanol–water partition coefficient (Wildman–Crippen LogP) is 4.83. The number of aromatic nitrogens is 2. The molecule has 1 N–H and O–H groups in total. The molecule has 0 amide bonds. The molecule has 1 aliphatic rings. The number of hydrogen-bond donors (Lipinski definition) is 1. The van der Waals surface area contributed by atoms with Crippen molar-refractivity contribution >= 4 is 11.8 Å². The van der Waals surface area contributed by atoms with E-state index in [1.807, 2.05) is 0 Å². The van der Waals surface area contributed by atoms with Crippen molar-refractivity contribution in [2.75, 3.05) is 19.0 Å². The van der Waals surface area contributed by atoms with Gasteiger partial charge in [0.25, 0.3) is 12.7 Å². The molecular formula is C21H21F4N3O5. The summed E-state index contributed by atoms with van der Waals surface area (Å²) in [5, 5.41) is 2.83. The van der Waals surface area contributed by atoms with Crippen LogP contribution >= 0.6 is 0 Å². The number of carbonyl (C=O) groups excluding carboxylic acids is 1. The standard InChI is InChI=1S/C21H21F4N3O5/c1-4-31-19(29)15(23)16-13(20-32-8-9-33-20)18(28-21(27-16)30-3)26-10(2)11-6-5-7-12(14(11)22)17(24)25/h5-10,15,17,20H,4H2,1-3H3,(H,26,27,28)/t10-,15?/m1/s1. The highest BCUT2D eigenvalue weighted by Crippen LogP contribution is 2.38. The molecule has 1 unspecified atom stereocenters. The van der Waals surface area contributed by atoms with Crippen LogP contribution < -0.4 is 10.1 Å². The summed E-state index contributed by atoms with van der Waals surface area (Å²) >= 11 is 0. The maximum absolute atomic E-state index is 15.1. The van der Waals surface area contributed by atoms with Crippen molar-refractivity contribution in [1.29, 1.82) is 0 Å². The predicted molar refractivity (Wildman–Crippen MR) is 107 cm³/mol. The van der Waals surface area contributed by atoms with E-state index < -0.39 is 48.0 Å². The van der Waals surface area contributed by atoms with Gasteiger partial charge >= 0.3 is 12.0 Å². The van der Waals surface area contributed by atoms with Gasteiger partial charge in [0.2, 0.25) is 6.17 Å². The molecule has 0 saturated heterocycles. The molecule has 0 bridgehead atoms. The third-order valence-electron chi connectivity index (χ3n) is 4.68. The smallest absolute Gasteiger partial charge is 0.347 e. The molecule has 12 heteroatoms. The third-order valence-corrected chi connectivity index (χ3v) is 4.68. The lowest BCUT2D eigenvalue weighted by atomic mass is 10.0. The molecule has 178 valence electrons. The van der Waals surface area contributed by atoms with Gasteiger partial charge in [0.05, 0.1) is 25.3 Å². The van der Waals surface area contributed by atoms with Crippen molar-refractivity contribution in [3.05, 3.63) is 58.9 Å². The Morgan fingerprint density at radius 1 is 1.18 bits per heavy atom. The Labute approximate surface area is 186 Å². The topological polar surface area (TPSA) is 91.8 Å². The van der Waals surface area contributed by atoms with Crippen LogP contribution in [-0.2, 0) is 19.0 Å². The van der Waals surface area contributed by atoms with E-state index in [9.17, 15) is 18.0 Å². The van der Waals surface area contributed by atoms with Crippen molar-refractivity contribution in [1.82, 2.24) is 9.97 Å². The van der Waals surface area contributed by atoms with Crippen molar-refractivity contribution in [3.8, 4) is 6.01 Å². The number of anilines is 1. The lowest BCUT2D eigenvalue weighted by Gasteiger charge is -2.23. The van der Waals surface area contributed by atoms with Crippen LogP contribution in [0.3, 0.4) is 0 Å². The van der Waals surface area contributed by atoms with E-state index in [1.165, 1.54) is 45.6 Å². The SMILES string of the molecule is CCOC(=O)C(F)c1nc(OC)nc(N[C@H](C)c2cccc(C(F)F)c2F)c1C1OC=CO1. The number of ether oxygens (including phenoxy) is 4. The molecule has 1 aromatic carbocycles. The number of methoxy groups -OCH3 is 1. The Balaban J connectivity index is 2.08. The minimum absolute atomic E-state index is 0.0727. The summed E-state index contributed by atoms with van der Waals surface area (Å²) in [6.45, 7) is 2.92. The van der Waals surface area contributed by atoms with E-state index >= 15 is 4.39 Å². The zero-order chi connectivity index (χ0) is 24.1. The summed E-state index contributed by atoms with van der Waals surface area (Å²) in [7, 11) is 1.22. The van der Waals surface area contributed by atoms with Crippen molar-refractivity contribution < 1.29 is 41.3 Å². The second-order valence-electron chi connectivity index (χ2n) is 6.77. The van der Waals surface area contributed by atoms with Crippen molar-refractivity contribution in [2.45, 2.75) is 38.8 Å². The number of carbonyl (C=O) groups is 1. The maximum Gasteiger partial charge on any atom is 0.347 e. The number of nitrogens with one attached hydrogen (secondary N) is 1. The summed E-state index contributed by atoms with van der Waals surface area (Å²) in [4.78, 5) is 20.1. The molecule has 0 fully saturated rings. The zero-order valence-corrected chi connectivity index (χ0v) is 17.9. The monoisotopic (exact) mass is 471 g/mol. The molecule has 0 saturated carbocycles. The molecule has 2 aromatic rings. The average molecular weight is 471 g/mol. The molecule has 2 heterocycles. The third kappa shape index (κ3) is 5.10. The molecule has 0 aliphatic carbocycles. The Kier molecular flexibility index (Phi) is 7.56. The fourth-order valence-corrected chi connectivity index (χ4v) is 3.15. The van der Waals surface area contributed by atoms with Crippen LogP contribution in [0.5, 0.6) is 6.01 Å². The number of esters is 1. The van der Waals surface area contributed by atoms with Gasteiger partial charge in [0, 0.05) is 5.56 Å². The minimum Gasteiger partial charge on any atom is -0.467 e.